The Morgan fingerprint density at radius 3 is 2.43 bits per heavy atom. The van der Waals surface area contributed by atoms with Crippen LogP contribution in [0.5, 0.6) is 0 Å². The molecule has 0 spiro atoms. The van der Waals surface area contributed by atoms with Crippen LogP contribution in [0.15, 0.2) is 22.4 Å². The summed E-state index contributed by atoms with van der Waals surface area (Å²) in [5, 5.41) is 14.8. The average Bonchev–Trinajstić information content (AvgIpc) is 3.22. The molecule has 7 atom stereocenters. The van der Waals surface area contributed by atoms with Crippen LogP contribution in [0.3, 0.4) is 0 Å². The van der Waals surface area contributed by atoms with Gasteiger partial charge < -0.3 is 9.63 Å². The predicted octanol–water partition coefficient (Wildman–Crippen LogP) is 7.57. The number of carboxylic acid groups (broad SMARTS) is 1. The predicted molar refractivity (Wildman–Crippen MR) is 137 cm³/mol. The molecular formula is C31H45NO3. The van der Waals surface area contributed by atoms with Gasteiger partial charge in [-0.2, -0.15) is 0 Å². The highest BCUT2D eigenvalue weighted by atomic mass is 16.5. The van der Waals surface area contributed by atoms with Gasteiger partial charge in [0.25, 0.3) is 0 Å². The van der Waals surface area contributed by atoms with Gasteiger partial charge in [0.2, 0.25) is 0 Å². The van der Waals surface area contributed by atoms with Gasteiger partial charge in [0.1, 0.15) is 5.76 Å². The molecule has 0 aromatic carbocycles. The number of aliphatic carboxylic acids is 1. The summed E-state index contributed by atoms with van der Waals surface area (Å²) < 4.78 is 5.83. The van der Waals surface area contributed by atoms with Crippen molar-refractivity contribution in [3.63, 3.8) is 0 Å². The van der Waals surface area contributed by atoms with Crippen molar-refractivity contribution < 1.29 is 14.4 Å². The van der Waals surface area contributed by atoms with E-state index in [0.29, 0.717) is 11.8 Å². The number of hydrogen-bond acceptors (Lipinski definition) is 3. The number of carboxylic acids is 1. The molecule has 0 amide bonds. The minimum absolute atomic E-state index is 0.0104. The summed E-state index contributed by atoms with van der Waals surface area (Å²) in [5.41, 5.74) is 2.90. The van der Waals surface area contributed by atoms with Crippen LogP contribution in [0.4, 0.5) is 0 Å². The topological polar surface area (TPSA) is 63.3 Å². The normalized spacial score (nSPS) is 47.3. The maximum Gasteiger partial charge on any atom is 0.310 e. The van der Waals surface area contributed by atoms with Crippen molar-refractivity contribution in [2.24, 2.45) is 44.8 Å². The van der Waals surface area contributed by atoms with Gasteiger partial charge in [0.05, 0.1) is 11.6 Å². The fourth-order valence-electron chi connectivity index (χ4n) is 10.9. The molecule has 1 N–H and O–H groups in total. The lowest BCUT2D eigenvalue weighted by Gasteiger charge is -2.70. The summed E-state index contributed by atoms with van der Waals surface area (Å²) >= 11 is 0. The number of fused-ring (bicyclic) bond motifs is 8. The summed E-state index contributed by atoms with van der Waals surface area (Å²) in [7, 11) is 0. The first kappa shape index (κ1) is 23.8. The number of aromatic nitrogens is 1. The third kappa shape index (κ3) is 2.75. The summed E-state index contributed by atoms with van der Waals surface area (Å²) in [4.78, 5) is 12.8. The summed E-state index contributed by atoms with van der Waals surface area (Å²) in [5.74, 6) is 1.90. The molecule has 3 fully saturated rings. The maximum atomic E-state index is 12.8. The smallest absolute Gasteiger partial charge is 0.310 e. The Bertz CT molecular complexity index is 1110. The molecule has 0 saturated heterocycles. The molecule has 35 heavy (non-hydrogen) atoms. The van der Waals surface area contributed by atoms with Gasteiger partial charge in [0, 0.05) is 11.0 Å². The molecule has 0 bridgehead atoms. The molecule has 192 valence electrons. The van der Waals surface area contributed by atoms with E-state index in [2.05, 4.69) is 59.7 Å². The summed E-state index contributed by atoms with van der Waals surface area (Å²) in [6, 6.07) is 0. The third-order valence-electron chi connectivity index (χ3n) is 13.0. The fraction of sp³-hybridized carbons (Fsp3) is 0.806. The second kappa shape index (κ2) is 6.84. The van der Waals surface area contributed by atoms with Gasteiger partial charge in [-0.05, 0) is 97.2 Å². The van der Waals surface area contributed by atoms with Crippen molar-refractivity contribution in [2.45, 2.75) is 112 Å². The SMILES string of the molecule is CC1(C)CC[C@]2(C(=O)O)CC[C@]3(C)C(=CC[C@@H]4[C@@]5(C)Cc6cnoc6C(C)(C)[C@@H]5CC[C@]43C)[C@@H]2C1. The highest BCUT2D eigenvalue weighted by Crippen LogP contribution is 2.75. The number of nitrogens with zero attached hydrogens (tertiary/aromatic N) is 1. The molecule has 0 aliphatic heterocycles. The zero-order valence-electron chi connectivity index (χ0n) is 23.0. The molecule has 1 aromatic heterocycles. The second-order valence-corrected chi connectivity index (χ2v) is 15.3. The van der Waals surface area contributed by atoms with Crippen LogP contribution in [-0.2, 0) is 16.6 Å². The second-order valence-electron chi connectivity index (χ2n) is 15.3. The fourth-order valence-corrected chi connectivity index (χ4v) is 10.9. The first-order valence-electron chi connectivity index (χ1n) is 14.1. The van der Waals surface area contributed by atoms with E-state index >= 15 is 0 Å². The first-order valence-corrected chi connectivity index (χ1v) is 14.1. The zero-order valence-corrected chi connectivity index (χ0v) is 23.0. The minimum Gasteiger partial charge on any atom is -0.481 e. The Morgan fingerprint density at radius 1 is 1.00 bits per heavy atom. The first-order chi connectivity index (χ1) is 16.2. The van der Waals surface area contributed by atoms with Crippen LogP contribution in [0.2, 0.25) is 0 Å². The van der Waals surface area contributed by atoms with Crippen LogP contribution in [0.1, 0.15) is 111 Å². The highest BCUT2D eigenvalue weighted by Gasteiger charge is 2.69. The monoisotopic (exact) mass is 479 g/mol. The molecule has 4 heteroatoms. The largest absolute Gasteiger partial charge is 0.481 e. The molecule has 0 radical (unpaired) electrons. The van der Waals surface area contributed by atoms with Gasteiger partial charge in [-0.1, -0.05) is 65.3 Å². The lowest BCUT2D eigenvalue weighted by atomic mass is 9.34. The number of allylic oxidation sites excluding steroid dienone is 2. The average molecular weight is 480 g/mol. The van der Waals surface area contributed by atoms with Crippen molar-refractivity contribution in [1.82, 2.24) is 5.16 Å². The molecule has 6 rings (SSSR count). The summed E-state index contributed by atoms with van der Waals surface area (Å²) in [6.07, 6.45) is 13.8. The van der Waals surface area contributed by atoms with Crippen molar-refractivity contribution in [1.29, 1.82) is 0 Å². The Balaban J connectivity index is 1.47. The lowest BCUT2D eigenvalue weighted by Crippen LogP contribution is -2.64. The Labute approximate surface area is 211 Å². The van der Waals surface area contributed by atoms with E-state index in [4.69, 9.17) is 4.52 Å². The van der Waals surface area contributed by atoms with Crippen molar-refractivity contribution in [3.8, 4) is 0 Å². The van der Waals surface area contributed by atoms with Crippen LogP contribution < -0.4 is 0 Å². The van der Waals surface area contributed by atoms with E-state index in [9.17, 15) is 9.90 Å². The third-order valence-corrected chi connectivity index (χ3v) is 13.0. The quantitative estimate of drug-likeness (QED) is 0.422. The Hall–Kier alpha value is -1.58. The zero-order chi connectivity index (χ0) is 25.2. The van der Waals surface area contributed by atoms with Crippen molar-refractivity contribution >= 4 is 5.97 Å². The number of rotatable bonds is 1. The van der Waals surface area contributed by atoms with E-state index in [1.807, 2.05) is 6.20 Å². The highest BCUT2D eigenvalue weighted by molar-refractivity contribution is 5.76. The van der Waals surface area contributed by atoms with Gasteiger partial charge in [-0.15, -0.1) is 0 Å². The molecule has 3 saturated carbocycles. The minimum atomic E-state index is -0.560. The van der Waals surface area contributed by atoms with Crippen LogP contribution in [-0.4, -0.2) is 16.2 Å². The van der Waals surface area contributed by atoms with Crippen LogP contribution in [0.25, 0.3) is 0 Å². The molecule has 1 aromatic rings. The molecule has 5 aliphatic carbocycles. The van der Waals surface area contributed by atoms with Crippen LogP contribution in [0, 0.1) is 44.8 Å². The summed E-state index contributed by atoms with van der Waals surface area (Å²) in [6.45, 7) is 17.1. The Morgan fingerprint density at radius 2 is 1.71 bits per heavy atom. The lowest BCUT2D eigenvalue weighted by molar-refractivity contribution is -0.177. The molecule has 0 unspecified atom stereocenters. The van der Waals surface area contributed by atoms with E-state index in [1.54, 1.807) is 0 Å². The van der Waals surface area contributed by atoms with E-state index in [-0.39, 0.29) is 33.0 Å². The number of hydrogen-bond donors (Lipinski definition) is 1. The molecule has 1 heterocycles. The number of carbonyl (C=O) groups is 1. The Kier molecular flexibility index (Phi) is 4.65. The van der Waals surface area contributed by atoms with E-state index < -0.39 is 11.4 Å². The molecular weight excluding hydrogens is 434 g/mol. The van der Waals surface area contributed by atoms with E-state index in [0.717, 1.165) is 50.7 Å². The van der Waals surface area contributed by atoms with Crippen molar-refractivity contribution in [3.05, 3.63) is 29.2 Å². The standard InChI is InChI=1S/C31H45NO3/c1-26(2)12-14-31(25(33)34)15-13-29(6)20(21(31)17-26)8-9-23-28(5)16-19-18-32-35-24(19)27(3,4)22(28)10-11-30(23,29)7/h8,18,21-23H,9-17H2,1-7H3,(H,33,34)/t21-,22-,23+,28-,29+,30+,31-/m0/s1. The van der Waals surface area contributed by atoms with Gasteiger partial charge in [-0.25, -0.2) is 0 Å². The van der Waals surface area contributed by atoms with Gasteiger partial charge >= 0.3 is 5.97 Å². The van der Waals surface area contributed by atoms with Crippen molar-refractivity contribution in [2.75, 3.05) is 0 Å². The molecule has 4 nitrogen and oxygen atoms in total. The van der Waals surface area contributed by atoms with Gasteiger partial charge in [0.15, 0.2) is 0 Å². The maximum absolute atomic E-state index is 12.8. The van der Waals surface area contributed by atoms with Crippen LogP contribution >= 0.6 is 0 Å². The van der Waals surface area contributed by atoms with Gasteiger partial charge in [-0.3, -0.25) is 4.79 Å². The van der Waals surface area contributed by atoms with E-state index in [1.165, 1.54) is 24.0 Å². The molecule has 5 aliphatic rings.